The Labute approximate surface area is 99.5 Å². The zero-order valence-corrected chi connectivity index (χ0v) is 9.90. The average molecular weight is 233 g/mol. The fraction of sp³-hybridized carbons (Fsp3) is 0.364. The van der Waals surface area contributed by atoms with Gasteiger partial charge in [-0.1, -0.05) is 12.1 Å². The van der Waals surface area contributed by atoms with Crippen LogP contribution in [0.5, 0.6) is 0 Å². The molecule has 0 atom stereocenters. The van der Waals surface area contributed by atoms with Crippen LogP contribution in [0, 0.1) is 6.92 Å². The molecule has 0 spiro atoms. The van der Waals surface area contributed by atoms with Crippen LogP contribution in [0.1, 0.15) is 19.1 Å². The molecule has 2 heterocycles. The van der Waals surface area contributed by atoms with E-state index >= 15 is 0 Å². The fourth-order valence-electron chi connectivity index (χ4n) is 1.31. The first-order valence-electron chi connectivity index (χ1n) is 5.55. The lowest BCUT2D eigenvalue weighted by molar-refractivity contribution is 0.400. The van der Waals surface area contributed by atoms with Crippen LogP contribution in [0.3, 0.4) is 0 Å². The Kier molecular flexibility index (Phi) is 3.54. The van der Waals surface area contributed by atoms with Gasteiger partial charge in [-0.05, 0) is 19.4 Å². The van der Waals surface area contributed by atoms with Gasteiger partial charge in [-0.15, -0.1) is 0 Å². The van der Waals surface area contributed by atoms with E-state index in [-0.39, 0.29) is 0 Å². The summed E-state index contributed by atoms with van der Waals surface area (Å²) in [5.41, 5.74) is 0. The zero-order valence-electron chi connectivity index (χ0n) is 9.90. The number of hydrogen-bond donors (Lipinski definition) is 2. The summed E-state index contributed by atoms with van der Waals surface area (Å²) in [5.74, 6) is 2.65. The van der Waals surface area contributed by atoms with E-state index in [1.165, 1.54) is 0 Å². The third-order valence-electron chi connectivity index (χ3n) is 2.08. The smallest absolute Gasteiger partial charge is 0.230 e. The molecule has 0 radical (unpaired) electrons. The first-order chi connectivity index (χ1) is 8.28. The van der Waals surface area contributed by atoms with E-state index in [0.717, 1.165) is 24.5 Å². The van der Waals surface area contributed by atoms with Crippen molar-refractivity contribution >= 4 is 17.6 Å². The van der Waals surface area contributed by atoms with Gasteiger partial charge in [0.05, 0.1) is 0 Å². The molecule has 90 valence electrons. The Morgan fingerprint density at radius 2 is 2.24 bits per heavy atom. The summed E-state index contributed by atoms with van der Waals surface area (Å²) in [7, 11) is 0. The van der Waals surface area contributed by atoms with Gasteiger partial charge in [-0.2, -0.15) is 4.98 Å². The van der Waals surface area contributed by atoms with Crippen molar-refractivity contribution in [2.24, 2.45) is 0 Å². The Hall–Kier alpha value is -2.11. The number of aromatic nitrogens is 3. The molecule has 0 aliphatic heterocycles. The van der Waals surface area contributed by atoms with Crippen molar-refractivity contribution in [1.29, 1.82) is 0 Å². The molecule has 0 unspecified atom stereocenters. The molecule has 0 bridgehead atoms. The van der Waals surface area contributed by atoms with Gasteiger partial charge >= 0.3 is 0 Å². The first kappa shape index (κ1) is 11.4. The molecule has 2 rings (SSSR count). The average Bonchev–Trinajstić information content (AvgIpc) is 2.73. The second-order valence-electron chi connectivity index (χ2n) is 3.64. The lowest BCUT2D eigenvalue weighted by Gasteiger charge is -2.05. The maximum absolute atomic E-state index is 4.95. The molecule has 0 amide bonds. The highest BCUT2D eigenvalue weighted by Crippen LogP contribution is 2.13. The molecule has 0 aliphatic rings. The number of rotatable bonds is 5. The van der Waals surface area contributed by atoms with Gasteiger partial charge in [0.25, 0.3) is 0 Å². The number of anilines is 3. The third-order valence-corrected chi connectivity index (χ3v) is 2.08. The Morgan fingerprint density at radius 1 is 1.35 bits per heavy atom. The maximum Gasteiger partial charge on any atom is 0.230 e. The van der Waals surface area contributed by atoms with E-state index < -0.39 is 0 Å². The third kappa shape index (κ3) is 3.17. The molecule has 0 aromatic carbocycles. The quantitative estimate of drug-likeness (QED) is 0.825. The van der Waals surface area contributed by atoms with Crippen molar-refractivity contribution in [2.75, 3.05) is 17.2 Å². The number of nitrogens with zero attached hydrogens (tertiary/aromatic N) is 3. The molecule has 0 saturated carbocycles. The molecule has 2 aromatic heterocycles. The summed E-state index contributed by atoms with van der Waals surface area (Å²) in [4.78, 5) is 8.41. The molecule has 2 N–H and O–H groups in total. The molecule has 6 nitrogen and oxygen atoms in total. The second-order valence-corrected chi connectivity index (χ2v) is 3.64. The predicted octanol–water partition coefficient (Wildman–Crippen LogP) is 2.34. The molecule has 0 fully saturated rings. The lowest BCUT2D eigenvalue weighted by Crippen LogP contribution is -2.04. The van der Waals surface area contributed by atoms with Gasteiger partial charge in [0.2, 0.25) is 5.95 Å². The van der Waals surface area contributed by atoms with Gasteiger partial charge in [-0.3, -0.25) is 0 Å². The SMILES string of the molecule is CCCNc1ccnc(Nc2cc(C)on2)n1. The zero-order chi connectivity index (χ0) is 12.1. The summed E-state index contributed by atoms with van der Waals surface area (Å²) in [6.45, 7) is 4.82. The highest BCUT2D eigenvalue weighted by atomic mass is 16.5. The fourth-order valence-corrected chi connectivity index (χ4v) is 1.31. The van der Waals surface area contributed by atoms with E-state index in [1.54, 1.807) is 12.3 Å². The molecule has 0 saturated heterocycles. The summed E-state index contributed by atoms with van der Waals surface area (Å²) >= 11 is 0. The summed E-state index contributed by atoms with van der Waals surface area (Å²) in [6.07, 6.45) is 2.75. The number of aryl methyl sites for hydroxylation is 1. The normalized spacial score (nSPS) is 10.2. The van der Waals surface area contributed by atoms with E-state index in [9.17, 15) is 0 Å². The van der Waals surface area contributed by atoms with Crippen molar-refractivity contribution in [3.05, 3.63) is 24.1 Å². The minimum Gasteiger partial charge on any atom is -0.370 e. The molecule has 0 aliphatic carbocycles. The Morgan fingerprint density at radius 3 is 2.94 bits per heavy atom. The first-order valence-corrected chi connectivity index (χ1v) is 5.55. The Bertz CT molecular complexity index is 482. The van der Waals surface area contributed by atoms with Crippen molar-refractivity contribution in [2.45, 2.75) is 20.3 Å². The second kappa shape index (κ2) is 5.29. The molecule has 6 heteroatoms. The van der Waals surface area contributed by atoms with Crippen LogP contribution in [0.25, 0.3) is 0 Å². The standard InChI is InChI=1S/C11H15N5O/c1-3-5-12-9-4-6-13-11(14-9)15-10-7-8(2)17-16-10/h4,6-7H,3,5H2,1-2H3,(H2,12,13,14,15,16). The number of nitrogens with one attached hydrogen (secondary N) is 2. The van der Waals surface area contributed by atoms with Gasteiger partial charge in [0, 0.05) is 18.8 Å². The maximum atomic E-state index is 4.95. The van der Waals surface area contributed by atoms with Crippen molar-refractivity contribution in [3.63, 3.8) is 0 Å². The summed E-state index contributed by atoms with van der Waals surface area (Å²) in [5, 5.41) is 9.98. The van der Waals surface area contributed by atoms with Crippen LogP contribution >= 0.6 is 0 Å². The van der Waals surface area contributed by atoms with Crippen LogP contribution in [-0.2, 0) is 0 Å². The van der Waals surface area contributed by atoms with Crippen molar-refractivity contribution in [3.8, 4) is 0 Å². The predicted molar refractivity (Wildman–Crippen MR) is 65.3 cm³/mol. The molecule has 2 aromatic rings. The monoisotopic (exact) mass is 233 g/mol. The van der Waals surface area contributed by atoms with E-state index in [1.807, 2.05) is 13.0 Å². The topological polar surface area (TPSA) is 75.9 Å². The van der Waals surface area contributed by atoms with Crippen LogP contribution in [0.4, 0.5) is 17.6 Å². The van der Waals surface area contributed by atoms with Crippen molar-refractivity contribution < 1.29 is 4.52 Å². The van der Waals surface area contributed by atoms with Crippen LogP contribution in [-0.4, -0.2) is 21.7 Å². The van der Waals surface area contributed by atoms with E-state index in [2.05, 4.69) is 32.7 Å². The minimum absolute atomic E-state index is 0.499. The highest BCUT2D eigenvalue weighted by Gasteiger charge is 2.03. The molecular weight excluding hydrogens is 218 g/mol. The van der Waals surface area contributed by atoms with E-state index in [0.29, 0.717) is 11.8 Å². The van der Waals surface area contributed by atoms with Gasteiger partial charge < -0.3 is 15.2 Å². The highest BCUT2D eigenvalue weighted by molar-refractivity contribution is 5.49. The van der Waals surface area contributed by atoms with Gasteiger partial charge in [-0.25, -0.2) is 4.98 Å². The largest absolute Gasteiger partial charge is 0.370 e. The Balaban J connectivity index is 2.05. The van der Waals surface area contributed by atoms with Crippen LogP contribution in [0.15, 0.2) is 22.9 Å². The van der Waals surface area contributed by atoms with E-state index in [4.69, 9.17) is 4.52 Å². The lowest BCUT2D eigenvalue weighted by atomic mass is 10.4. The number of hydrogen-bond acceptors (Lipinski definition) is 6. The molecule has 17 heavy (non-hydrogen) atoms. The minimum atomic E-state index is 0.499. The van der Waals surface area contributed by atoms with Gasteiger partial charge in [0.15, 0.2) is 5.82 Å². The summed E-state index contributed by atoms with van der Waals surface area (Å²) in [6, 6.07) is 3.62. The summed E-state index contributed by atoms with van der Waals surface area (Å²) < 4.78 is 4.95. The van der Waals surface area contributed by atoms with Crippen molar-refractivity contribution in [1.82, 2.24) is 15.1 Å². The van der Waals surface area contributed by atoms with Crippen LogP contribution in [0.2, 0.25) is 0 Å². The van der Waals surface area contributed by atoms with Crippen LogP contribution < -0.4 is 10.6 Å². The molecular formula is C11H15N5O. The van der Waals surface area contributed by atoms with Gasteiger partial charge in [0.1, 0.15) is 11.6 Å².